The fraction of sp³-hybridized carbons (Fsp3) is 0.250. The zero-order chi connectivity index (χ0) is 13.5. The van der Waals surface area contributed by atoms with Crippen molar-refractivity contribution in [2.45, 2.75) is 19.4 Å². The van der Waals surface area contributed by atoms with E-state index in [-0.39, 0.29) is 12.1 Å². The van der Waals surface area contributed by atoms with Crippen LogP contribution in [-0.2, 0) is 13.0 Å². The minimum absolute atomic E-state index is 0.0346. The van der Waals surface area contributed by atoms with E-state index in [2.05, 4.69) is 37.8 Å². The molecule has 100 valence electrons. The summed E-state index contributed by atoms with van der Waals surface area (Å²) < 4.78 is 1.53. The molecular weight excluding hydrogens is 276 g/mol. The second-order valence-corrected chi connectivity index (χ2v) is 5.60. The van der Waals surface area contributed by atoms with Gasteiger partial charge in [0.15, 0.2) is 5.82 Å². The second kappa shape index (κ2) is 4.34. The number of hydrogen-bond acceptors (Lipinski definition) is 6. The molecule has 0 spiro atoms. The number of aromatic amines is 1. The molecule has 8 heteroatoms. The van der Waals surface area contributed by atoms with Gasteiger partial charge in [0.25, 0.3) is 5.56 Å². The normalized spacial score (nSPS) is 13.8. The quantitative estimate of drug-likeness (QED) is 0.758. The van der Waals surface area contributed by atoms with Crippen molar-refractivity contribution in [3.05, 3.63) is 39.0 Å². The molecule has 0 radical (unpaired) electrons. The predicted molar refractivity (Wildman–Crippen MR) is 74.5 cm³/mol. The molecule has 0 amide bonds. The van der Waals surface area contributed by atoms with Gasteiger partial charge in [-0.15, -0.1) is 21.5 Å². The molecule has 3 aromatic rings. The van der Waals surface area contributed by atoms with Crippen LogP contribution >= 0.6 is 11.3 Å². The van der Waals surface area contributed by atoms with Crippen molar-refractivity contribution >= 4 is 27.6 Å². The molecule has 3 heterocycles. The van der Waals surface area contributed by atoms with E-state index >= 15 is 0 Å². The van der Waals surface area contributed by atoms with Crippen molar-refractivity contribution in [3.8, 4) is 0 Å². The highest BCUT2D eigenvalue weighted by Gasteiger charge is 2.18. The maximum atomic E-state index is 12.6. The number of fused-ring (bicyclic) bond motifs is 3. The molecular formula is C12H10N6OS. The van der Waals surface area contributed by atoms with Crippen LogP contribution in [0, 0.1) is 0 Å². The van der Waals surface area contributed by atoms with Crippen molar-refractivity contribution < 1.29 is 0 Å². The molecule has 1 aliphatic rings. The number of thiophene rings is 1. The number of allylic oxidation sites excluding steroid dienone is 1. The van der Waals surface area contributed by atoms with Crippen molar-refractivity contribution in [2.24, 2.45) is 0 Å². The first-order valence-electron chi connectivity index (χ1n) is 6.22. The molecule has 0 bridgehead atoms. The van der Waals surface area contributed by atoms with Gasteiger partial charge in [-0.3, -0.25) is 9.36 Å². The predicted octanol–water partition coefficient (Wildman–Crippen LogP) is 0.979. The van der Waals surface area contributed by atoms with E-state index in [9.17, 15) is 4.79 Å². The van der Waals surface area contributed by atoms with Gasteiger partial charge in [-0.25, -0.2) is 4.98 Å². The van der Waals surface area contributed by atoms with Crippen LogP contribution in [0.4, 0.5) is 0 Å². The van der Waals surface area contributed by atoms with Crippen molar-refractivity contribution in [1.29, 1.82) is 0 Å². The van der Waals surface area contributed by atoms with Gasteiger partial charge < -0.3 is 0 Å². The number of H-pyrrole nitrogens is 1. The van der Waals surface area contributed by atoms with Gasteiger partial charge in [-0.2, -0.15) is 5.21 Å². The van der Waals surface area contributed by atoms with E-state index in [0.29, 0.717) is 5.82 Å². The maximum Gasteiger partial charge on any atom is 0.262 e. The van der Waals surface area contributed by atoms with Crippen LogP contribution in [0.2, 0.25) is 0 Å². The Kier molecular flexibility index (Phi) is 2.49. The van der Waals surface area contributed by atoms with Crippen molar-refractivity contribution in [3.63, 3.8) is 0 Å². The van der Waals surface area contributed by atoms with Crippen LogP contribution in [0.3, 0.4) is 0 Å². The summed E-state index contributed by atoms with van der Waals surface area (Å²) in [5, 5.41) is 14.3. The summed E-state index contributed by atoms with van der Waals surface area (Å²) in [6, 6.07) is 0. The van der Waals surface area contributed by atoms with Gasteiger partial charge in [0.05, 0.1) is 18.3 Å². The molecule has 0 saturated heterocycles. The Morgan fingerprint density at radius 2 is 2.40 bits per heavy atom. The largest absolute Gasteiger partial charge is 0.291 e. The fourth-order valence-electron chi connectivity index (χ4n) is 2.41. The molecule has 4 rings (SSSR count). The second-order valence-electron chi connectivity index (χ2n) is 4.57. The summed E-state index contributed by atoms with van der Waals surface area (Å²) >= 11 is 1.57. The number of nitrogens with one attached hydrogen (secondary N) is 1. The molecule has 1 aliphatic carbocycles. The highest BCUT2D eigenvalue weighted by Crippen LogP contribution is 2.32. The Morgan fingerprint density at radius 3 is 3.25 bits per heavy atom. The standard InChI is InChI=1S/C12H10N6OS/c19-12-10-7-3-1-2-4-8(7)20-11(10)13-6-18(12)5-9-14-16-17-15-9/h2,4,6H,1,3,5H2,(H,14,15,16,17). The van der Waals surface area contributed by atoms with Gasteiger partial charge in [-0.05, 0) is 24.5 Å². The smallest absolute Gasteiger partial charge is 0.262 e. The van der Waals surface area contributed by atoms with Crippen LogP contribution in [0.25, 0.3) is 16.3 Å². The molecule has 7 nitrogen and oxygen atoms in total. The van der Waals surface area contributed by atoms with E-state index < -0.39 is 0 Å². The average molecular weight is 286 g/mol. The lowest BCUT2D eigenvalue weighted by atomic mass is 10.0. The van der Waals surface area contributed by atoms with Crippen LogP contribution in [0.5, 0.6) is 0 Å². The van der Waals surface area contributed by atoms with E-state index in [4.69, 9.17) is 0 Å². The summed E-state index contributed by atoms with van der Waals surface area (Å²) in [6.07, 6.45) is 7.63. The molecule has 0 aliphatic heterocycles. The molecule has 0 saturated carbocycles. The fourth-order valence-corrected chi connectivity index (χ4v) is 3.53. The van der Waals surface area contributed by atoms with Crippen molar-refractivity contribution in [1.82, 2.24) is 30.2 Å². The first-order chi connectivity index (χ1) is 9.83. The zero-order valence-electron chi connectivity index (χ0n) is 10.4. The number of nitrogens with zero attached hydrogens (tertiary/aromatic N) is 5. The average Bonchev–Trinajstić information content (AvgIpc) is 3.09. The third kappa shape index (κ3) is 1.68. The first-order valence-corrected chi connectivity index (χ1v) is 7.04. The molecule has 0 fully saturated rings. The molecule has 1 N–H and O–H groups in total. The number of aromatic nitrogens is 6. The van der Waals surface area contributed by atoms with E-state index in [1.807, 2.05) is 0 Å². The molecule has 0 atom stereocenters. The van der Waals surface area contributed by atoms with Crippen LogP contribution in [-0.4, -0.2) is 30.2 Å². The van der Waals surface area contributed by atoms with Gasteiger partial charge in [-0.1, -0.05) is 11.3 Å². The van der Waals surface area contributed by atoms with E-state index in [1.54, 1.807) is 17.7 Å². The van der Waals surface area contributed by atoms with Gasteiger partial charge >= 0.3 is 0 Å². The van der Waals surface area contributed by atoms with E-state index in [0.717, 1.165) is 33.5 Å². The number of hydrogen-bond donors (Lipinski definition) is 1. The lowest BCUT2D eigenvalue weighted by Crippen LogP contribution is -2.22. The summed E-state index contributed by atoms with van der Waals surface area (Å²) in [7, 11) is 0. The highest BCUT2D eigenvalue weighted by atomic mass is 32.1. The summed E-state index contributed by atoms with van der Waals surface area (Å²) in [4.78, 5) is 18.9. The lowest BCUT2D eigenvalue weighted by molar-refractivity contribution is 0.708. The van der Waals surface area contributed by atoms with Gasteiger partial charge in [0.2, 0.25) is 0 Å². The van der Waals surface area contributed by atoms with Crippen LogP contribution in [0.15, 0.2) is 17.2 Å². The molecule has 3 aromatic heterocycles. The zero-order valence-corrected chi connectivity index (χ0v) is 11.2. The van der Waals surface area contributed by atoms with Crippen molar-refractivity contribution in [2.75, 3.05) is 0 Å². The third-order valence-corrected chi connectivity index (χ3v) is 4.45. The minimum atomic E-state index is -0.0346. The monoisotopic (exact) mass is 286 g/mol. The Balaban J connectivity index is 1.90. The third-order valence-electron chi connectivity index (χ3n) is 3.34. The molecule has 0 unspecified atom stereocenters. The SMILES string of the molecule is O=c1c2c3c(sc2ncn1Cc1nn[nH]n1)C=CCC3. The highest BCUT2D eigenvalue weighted by molar-refractivity contribution is 7.19. The Labute approximate surface area is 117 Å². The summed E-state index contributed by atoms with van der Waals surface area (Å²) in [5.41, 5.74) is 1.08. The number of aryl methyl sites for hydroxylation is 1. The maximum absolute atomic E-state index is 12.6. The Morgan fingerprint density at radius 1 is 1.45 bits per heavy atom. The first kappa shape index (κ1) is 11.5. The van der Waals surface area contributed by atoms with Gasteiger partial charge in [0, 0.05) is 4.88 Å². The lowest BCUT2D eigenvalue weighted by Gasteiger charge is -2.05. The summed E-state index contributed by atoms with van der Waals surface area (Å²) in [6.45, 7) is 0.277. The number of tetrazole rings is 1. The molecule has 20 heavy (non-hydrogen) atoms. The van der Waals surface area contributed by atoms with E-state index in [1.165, 1.54) is 4.57 Å². The minimum Gasteiger partial charge on any atom is -0.291 e. The van der Waals surface area contributed by atoms with Crippen LogP contribution in [0.1, 0.15) is 22.7 Å². The Hall–Kier alpha value is -2.35. The molecule has 0 aromatic carbocycles. The van der Waals surface area contributed by atoms with Gasteiger partial charge in [0.1, 0.15) is 4.83 Å². The Bertz CT molecular complexity index is 860. The number of rotatable bonds is 2. The summed E-state index contributed by atoms with van der Waals surface area (Å²) in [5.74, 6) is 0.470. The topological polar surface area (TPSA) is 89.4 Å². The van der Waals surface area contributed by atoms with Crippen LogP contribution < -0.4 is 5.56 Å².